The monoisotopic (exact) mass is 559 g/mol. The van der Waals surface area contributed by atoms with Crippen molar-refractivity contribution >= 4 is 52.7 Å². The lowest BCUT2D eigenvalue weighted by atomic mass is 9.85. The highest BCUT2D eigenvalue weighted by Gasteiger charge is 2.30. The van der Waals surface area contributed by atoms with E-state index in [2.05, 4.69) is 5.32 Å². The molecule has 37 heavy (non-hydrogen) atoms. The van der Waals surface area contributed by atoms with E-state index in [0.29, 0.717) is 33.3 Å². The number of rotatable bonds is 5. The molecule has 194 valence electrons. The Hall–Kier alpha value is -2.48. The molecule has 2 aliphatic rings. The van der Waals surface area contributed by atoms with Gasteiger partial charge < -0.3 is 10.1 Å². The molecule has 2 heterocycles. The van der Waals surface area contributed by atoms with Gasteiger partial charge in [0.05, 0.1) is 22.0 Å². The molecule has 9 heteroatoms. The fourth-order valence-electron chi connectivity index (χ4n) is 5.00. The second-order valence-electron chi connectivity index (χ2n) is 9.57. The molecule has 1 aliphatic heterocycles. The molecule has 3 aromatic rings. The first-order chi connectivity index (χ1) is 17.9. The minimum absolute atomic E-state index is 0.0161. The van der Waals surface area contributed by atoms with Crippen molar-refractivity contribution in [1.82, 2.24) is 15.1 Å². The van der Waals surface area contributed by atoms with Crippen molar-refractivity contribution in [2.75, 3.05) is 5.75 Å². The first-order valence-corrected chi connectivity index (χ1v) is 14.4. The average Bonchev–Trinajstić information content (AvgIpc) is 3.24. The van der Waals surface area contributed by atoms with Crippen LogP contribution in [0.3, 0.4) is 0 Å². The summed E-state index contributed by atoms with van der Waals surface area (Å²) in [6.07, 6.45) is 7.36. The fourth-order valence-corrected chi connectivity index (χ4v) is 6.50. The number of benzene rings is 2. The van der Waals surface area contributed by atoms with Crippen LogP contribution < -0.4 is 10.1 Å². The van der Waals surface area contributed by atoms with Gasteiger partial charge in [0.1, 0.15) is 5.82 Å². The quantitative estimate of drug-likeness (QED) is 0.342. The second-order valence-corrected chi connectivity index (χ2v) is 11.4. The highest BCUT2D eigenvalue weighted by molar-refractivity contribution is 7.99. The van der Waals surface area contributed by atoms with Crippen molar-refractivity contribution in [3.05, 3.63) is 75.1 Å². The van der Waals surface area contributed by atoms with E-state index >= 15 is 0 Å². The van der Waals surface area contributed by atoms with E-state index in [1.807, 2.05) is 13.0 Å². The maximum absolute atomic E-state index is 13.4. The summed E-state index contributed by atoms with van der Waals surface area (Å²) in [4.78, 5) is 13.1. The van der Waals surface area contributed by atoms with Crippen LogP contribution >= 0.6 is 35.0 Å². The molecule has 5 nitrogen and oxygen atoms in total. The summed E-state index contributed by atoms with van der Waals surface area (Å²) in [5.74, 6) is 1.85. The standard InChI is InChI=1S/C28H28Cl2FN3O2S/c1-17(19-5-3-2-4-6-19)32-28(35)36-27-23-16-37-15-20(13-18-7-10-22(31)11-8-18)26(23)33-34(27)25-12-9-21(29)14-24(25)30/h7-14,17,19H,2-6,15-16H2,1H3,(H,32,35)/b20-13+/t17-/m1/s1. The van der Waals surface area contributed by atoms with Gasteiger partial charge in [0.15, 0.2) is 0 Å². The van der Waals surface area contributed by atoms with Crippen molar-refractivity contribution in [2.24, 2.45) is 5.92 Å². The SMILES string of the molecule is C[C@@H](NC(=O)Oc1c2c(nn1-c1ccc(Cl)cc1Cl)/C(=C/c1ccc(F)cc1)CSC2)C1CCCCC1. The van der Waals surface area contributed by atoms with E-state index in [1.54, 1.807) is 46.8 Å². The highest BCUT2D eigenvalue weighted by atomic mass is 35.5. The predicted octanol–water partition coefficient (Wildman–Crippen LogP) is 8.16. The van der Waals surface area contributed by atoms with Crippen LogP contribution in [0.25, 0.3) is 17.3 Å². The van der Waals surface area contributed by atoms with Crippen LogP contribution in [0.4, 0.5) is 9.18 Å². The van der Waals surface area contributed by atoms with Crippen LogP contribution in [0, 0.1) is 11.7 Å². The summed E-state index contributed by atoms with van der Waals surface area (Å²) < 4.78 is 21.0. The molecule has 0 radical (unpaired) electrons. The molecule has 1 N–H and O–H groups in total. The minimum atomic E-state index is -0.508. The predicted molar refractivity (Wildman–Crippen MR) is 149 cm³/mol. The Morgan fingerprint density at radius 3 is 2.65 bits per heavy atom. The minimum Gasteiger partial charge on any atom is -0.391 e. The fraction of sp³-hybridized carbons (Fsp3) is 0.357. The van der Waals surface area contributed by atoms with Crippen molar-refractivity contribution in [3.8, 4) is 11.6 Å². The van der Waals surface area contributed by atoms with E-state index in [0.717, 1.165) is 41.0 Å². The van der Waals surface area contributed by atoms with E-state index in [-0.39, 0.29) is 11.9 Å². The Labute approximate surface area is 230 Å². The van der Waals surface area contributed by atoms with E-state index < -0.39 is 6.09 Å². The van der Waals surface area contributed by atoms with Crippen LogP contribution in [-0.4, -0.2) is 27.7 Å². The molecule has 2 aromatic carbocycles. The molecule has 0 saturated heterocycles. The Balaban J connectivity index is 1.50. The number of fused-ring (bicyclic) bond motifs is 1. The number of nitrogens with one attached hydrogen (secondary N) is 1. The van der Waals surface area contributed by atoms with Gasteiger partial charge in [-0.25, -0.2) is 9.18 Å². The first-order valence-electron chi connectivity index (χ1n) is 12.5. The lowest BCUT2D eigenvalue weighted by Crippen LogP contribution is -2.40. The number of nitrogens with zero attached hydrogens (tertiary/aromatic N) is 2. The van der Waals surface area contributed by atoms with Crippen LogP contribution in [0.1, 0.15) is 55.8 Å². The van der Waals surface area contributed by atoms with Gasteiger partial charge in [-0.1, -0.05) is 54.6 Å². The van der Waals surface area contributed by atoms with Crippen LogP contribution in [0.15, 0.2) is 42.5 Å². The maximum atomic E-state index is 13.4. The zero-order valence-electron chi connectivity index (χ0n) is 20.5. The van der Waals surface area contributed by atoms with Gasteiger partial charge in [-0.15, -0.1) is 0 Å². The van der Waals surface area contributed by atoms with Crippen molar-refractivity contribution < 1.29 is 13.9 Å². The van der Waals surface area contributed by atoms with Gasteiger partial charge in [0.2, 0.25) is 5.88 Å². The highest BCUT2D eigenvalue weighted by Crippen LogP contribution is 2.41. The van der Waals surface area contributed by atoms with Crippen LogP contribution in [0.5, 0.6) is 5.88 Å². The number of carbonyl (C=O) groups is 1. The smallest absolute Gasteiger partial charge is 0.391 e. The van der Waals surface area contributed by atoms with Crippen LogP contribution in [0.2, 0.25) is 10.0 Å². The van der Waals surface area contributed by atoms with Gasteiger partial charge in [-0.2, -0.15) is 21.5 Å². The maximum Gasteiger partial charge on any atom is 0.414 e. The largest absolute Gasteiger partial charge is 0.414 e. The van der Waals surface area contributed by atoms with Gasteiger partial charge in [-0.05, 0) is 73.2 Å². The number of ether oxygens (including phenoxy) is 1. The molecule has 1 aromatic heterocycles. The third-order valence-corrected chi connectivity index (χ3v) is 8.53. The molecule has 1 saturated carbocycles. The van der Waals surface area contributed by atoms with Crippen molar-refractivity contribution in [2.45, 2.75) is 50.8 Å². The Kier molecular flexibility index (Phi) is 8.12. The number of hydrogen-bond acceptors (Lipinski definition) is 4. The van der Waals surface area contributed by atoms with Gasteiger partial charge in [-0.3, -0.25) is 0 Å². The molecule has 0 unspecified atom stereocenters. The number of hydrogen-bond donors (Lipinski definition) is 1. The third kappa shape index (κ3) is 6.00. The summed E-state index contributed by atoms with van der Waals surface area (Å²) in [7, 11) is 0. The molecule has 0 bridgehead atoms. The lowest BCUT2D eigenvalue weighted by Gasteiger charge is -2.28. The number of carbonyl (C=O) groups excluding carboxylic acids is 1. The van der Waals surface area contributed by atoms with Crippen molar-refractivity contribution in [3.63, 3.8) is 0 Å². The molecule has 1 atom stereocenters. The Morgan fingerprint density at radius 2 is 1.92 bits per heavy atom. The zero-order valence-corrected chi connectivity index (χ0v) is 22.8. The molecule has 1 aliphatic carbocycles. The molecule has 0 spiro atoms. The topological polar surface area (TPSA) is 56.1 Å². The Bertz CT molecular complexity index is 1320. The summed E-state index contributed by atoms with van der Waals surface area (Å²) >= 11 is 14.4. The average molecular weight is 561 g/mol. The van der Waals surface area contributed by atoms with E-state index in [9.17, 15) is 9.18 Å². The van der Waals surface area contributed by atoms with Crippen LogP contribution in [-0.2, 0) is 5.75 Å². The van der Waals surface area contributed by atoms with E-state index in [4.69, 9.17) is 33.0 Å². The summed E-state index contributed by atoms with van der Waals surface area (Å²) in [6, 6.07) is 11.5. The molecule has 1 amide bonds. The van der Waals surface area contributed by atoms with Crippen molar-refractivity contribution in [1.29, 1.82) is 0 Å². The molecule has 5 rings (SSSR count). The second kappa shape index (κ2) is 11.5. The zero-order chi connectivity index (χ0) is 25.9. The summed E-state index contributed by atoms with van der Waals surface area (Å²) in [5.41, 5.74) is 3.94. The molecule has 1 fully saturated rings. The molecular weight excluding hydrogens is 532 g/mol. The summed E-state index contributed by atoms with van der Waals surface area (Å²) in [6.45, 7) is 2.04. The third-order valence-electron chi connectivity index (χ3n) is 6.99. The summed E-state index contributed by atoms with van der Waals surface area (Å²) in [5, 5.41) is 8.79. The van der Waals surface area contributed by atoms with E-state index in [1.165, 1.54) is 31.4 Å². The number of aromatic nitrogens is 2. The number of amides is 1. The van der Waals surface area contributed by atoms with Gasteiger partial charge in [0, 0.05) is 22.6 Å². The first kappa shape index (κ1) is 26.1. The number of halogens is 3. The number of thioether (sulfide) groups is 1. The molecular formula is C28H28Cl2FN3O2S. The normalized spacial score (nSPS) is 17.9. The van der Waals surface area contributed by atoms with Gasteiger partial charge >= 0.3 is 6.09 Å². The Morgan fingerprint density at radius 1 is 1.16 bits per heavy atom. The lowest BCUT2D eigenvalue weighted by molar-refractivity contribution is 0.183. The van der Waals surface area contributed by atoms with Gasteiger partial charge in [0.25, 0.3) is 0 Å².